The Balaban J connectivity index is 1.98. The largest absolute Gasteiger partial charge is 0.497 e. The molecule has 0 aromatic heterocycles. The van der Waals surface area contributed by atoms with Crippen LogP contribution in [-0.4, -0.2) is 37.7 Å². The highest BCUT2D eigenvalue weighted by Crippen LogP contribution is 2.29. The number of halogens is 1. The van der Waals surface area contributed by atoms with Crippen molar-refractivity contribution in [1.29, 1.82) is 0 Å². The van der Waals surface area contributed by atoms with Gasteiger partial charge in [-0.15, -0.1) is 0 Å². The number of anilines is 1. The summed E-state index contributed by atoms with van der Waals surface area (Å²) >= 11 is 6.29. The lowest BCUT2D eigenvalue weighted by Crippen LogP contribution is -2.42. The van der Waals surface area contributed by atoms with E-state index < -0.39 is 0 Å². The lowest BCUT2D eigenvalue weighted by Gasteiger charge is -2.36. The summed E-state index contributed by atoms with van der Waals surface area (Å²) in [5.41, 5.74) is 0.969. The first kappa shape index (κ1) is 16.4. The van der Waals surface area contributed by atoms with Crippen LogP contribution in [0, 0.1) is 5.92 Å². The van der Waals surface area contributed by atoms with Gasteiger partial charge in [-0.1, -0.05) is 18.5 Å². The van der Waals surface area contributed by atoms with Gasteiger partial charge < -0.3 is 15.0 Å². The van der Waals surface area contributed by atoms with Gasteiger partial charge in [0.15, 0.2) is 0 Å². The average molecular weight is 311 g/mol. The van der Waals surface area contributed by atoms with E-state index in [1.54, 1.807) is 7.11 Å². The van der Waals surface area contributed by atoms with Crippen molar-refractivity contribution in [3.63, 3.8) is 0 Å². The Hall–Kier alpha value is -0.930. The molecule has 0 radical (unpaired) electrons. The summed E-state index contributed by atoms with van der Waals surface area (Å²) in [6.45, 7) is 8.15. The normalized spacial score (nSPS) is 21.0. The van der Waals surface area contributed by atoms with E-state index >= 15 is 0 Å². The molecule has 4 heteroatoms. The third-order valence-corrected chi connectivity index (χ3v) is 4.68. The molecule has 2 atom stereocenters. The average Bonchev–Trinajstić information content (AvgIpc) is 2.50. The van der Waals surface area contributed by atoms with Crippen LogP contribution >= 0.6 is 11.6 Å². The SMILES string of the molecule is CCCN1CCCC(C(C)Nc2cc(OC)ccc2Cl)C1. The van der Waals surface area contributed by atoms with Gasteiger partial charge in [-0.05, 0) is 57.3 Å². The van der Waals surface area contributed by atoms with Crippen LogP contribution in [0.1, 0.15) is 33.1 Å². The summed E-state index contributed by atoms with van der Waals surface area (Å²) in [6.07, 6.45) is 3.81. The molecule has 118 valence electrons. The molecule has 1 heterocycles. The first-order valence-corrected chi connectivity index (χ1v) is 8.34. The zero-order valence-corrected chi connectivity index (χ0v) is 14.1. The zero-order chi connectivity index (χ0) is 15.2. The Morgan fingerprint density at radius 3 is 3.00 bits per heavy atom. The van der Waals surface area contributed by atoms with Gasteiger partial charge in [-0.25, -0.2) is 0 Å². The Morgan fingerprint density at radius 1 is 1.48 bits per heavy atom. The number of methoxy groups -OCH3 is 1. The number of ether oxygens (including phenoxy) is 1. The number of nitrogens with zero attached hydrogens (tertiary/aromatic N) is 1. The highest BCUT2D eigenvalue weighted by atomic mass is 35.5. The number of likely N-dealkylation sites (tertiary alicyclic amines) is 1. The highest BCUT2D eigenvalue weighted by molar-refractivity contribution is 6.33. The first-order chi connectivity index (χ1) is 10.1. The molecular formula is C17H27ClN2O. The van der Waals surface area contributed by atoms with Crippen molar-refractivity contribution in [2.75, 3.05) is 32.1 Å². The van der Waals surface area contributed by atoms with Crippen LogP contribution in [-0.2, 0) is 0 Å². The summed E-state index contributed by atoms with van der Waals surface area (Å²) < 4.78 is 5.28. The van der Waals surface area contributed by atoms with E-state index in [0.717, 1.165) is 16.5 Å². The predicted octanol–water partition coefficient (Wildman–Crippen LogP) is 4.27. The fourth-order valence-electron chi connectivity index (χ4n) is 3.12. The molecule has 1 aliphatic rings. The molecule has 1 aromatic rings. The van der Waals surface area contributed by atoms with Crippen LogP contribution in [0.15, 0.2) is 18.2 Å². The lowest BCUT2D eigenvalue weighted by atomic mass is 9.91. The van der Waals surface area contributed by atoms with Crippen LogP contribution in [0.3, 0.4) is 0 Å². The first-order valence-electron chi connectivity index (χ1n) is 7.96. The van der Waals surface area contributed by atoms with Crippen LogP contribution in [0.2, 0.25) is 5.02 Å². The number of nitrogens with one attached hydrogen (secondary N) is 1. The number of hydrogen-bond acceptors (Lipinski definition) is 3. The van der Waals surface area contributed by atoms with Gasteiger partial charge in [0.05, 0.1) is 17.8 Å². The number of piperidine rings is 1. The third kappa shape index (κ3) is 4.52. The van der Waals surface area contributed by atoms with Crippen molar-refractivity contribution >= 4 is 17.3 Å². The molecule has 0 saturated carbocycles. The second kappa shape index (κ2) is 7.90. The van der Waals surface area contributed by atoms with Crippen LogP contribution in [0.5, 0.6) is 5.75 Å². The van der Waals surface area contributed by atoms with Crippen molar-refractivity contribution in [1.82, 2.24) is 4.90 Å². The van der Waals surface area contributed by atoms with E-state index in [9.17, 15) is 0 Å². The Labute approximate surface area is 133 Å². The van der Waals surface area contributed by atoms with E-state index in [-0.39, 0.29) is 0 Å². The second-order valence-electron chi connectivity index (χ2n) is 5.98. The molecule has 1 aliphatic heterocycles. The molecule has 0 spiro atoms. The number of rotatable bonds is 6. The minimum Gasteiger partial charge on any atom is -0.497 e. The van der Waals surface area contributed by atoms with E-state index in [4.69, 9.17) is 16.3 Å². The van der Waals surface area contributed by atoms with Crippen LogP contribution in [0.25, 0.3) is 0 Å². The third-order valence-electron chi connectivity index (χ3n) is 4.35. The fraction of sp³-hybridized carbons (Fsp3) is 0.647. The maximum absolute atomic E-state index is 6.29. The van der Waals surface area contributed by atoms with E-state index in [1.165, 1.54) is 38.9 Å². The molecule has 1 aromatic carbocycles. The maximum Gasteiger partial charge on any atom is 0.121 e. The van der Waals surface area contributed by atoms with Gasteiger partial charge in [0, 0.05) is 18.7 Å². The molecular weight excluding hydrogens is 284 g/mol. The summed E-state index contributed by atoms with van der Waals surface area (Å²) in [6, 6.07) is 6.17. The topological polar surface area (TPSA) is 24.5 Å². The molecule has 1 saturated heterocycles. The molecule has 21 heavy (non-hydrogen) atoms. The van der Waals surface area contributed by atoms with E-state index in [0.29, 0.717) is 12.0 Å². The molecule has 1 fully saturated rings. The molecule has 0 amide bonds. The minimum absolute atomic E-state index is 0.411. The second-order valence-corrected chi connectivity index (χ2v) is 6.39. The molecule has 1 N–H and O–H groups in total. The standard InChI is InChI=1S/C17H27ClN2O/c1-4-9-20-10-5-6-14(12-20)13(2)19-17-11-15(21-3)7-8-16(17)18/h7-8,11,13-14,19H,4-6,9-10,12H2,1-3H3. The van der Waals surface area contributed by atoms with Crippen LogP contribution in [0.4, 0.5) is 5.69 Å². The van der Waals surface area contributed by atoms with Gasteiger partial charge in [0.1, 0.15) is 5.75 Å². The maximum atomic E-state index is 6.29. The van der Waals surface area contributed by atoms with Gasteiger partial charge >= 0.3 is 0 Å². The smallest absolute Gasteiger partial charge is 0.121 e. The number of benzene rings is 1. The zero-order valence-electron chi connectivity index (χ0n) is 13.4. The van der Waals surface area contributed by atoms with Crippen molar-refractivity contribution in [2.24, 2.45) is 5.92 Å². The minimum atomic E-state index is 0.411. The van der Waals surface area contributed by atoms with E-state index in [2.05, 4.69) is 24.1 Å². The Bertz CT molecular complexity index is 450. The summed E-state index contributed by atoms with van der Waals surface area (Å²) in [7, 11) is 1.68. The Morgan fingerprint density at radius 2 is 2.29 bits per heavy atom. The van der Waals surface area contributed by atoms with Crippen LogP contribution < -0.4 is 10.1 Å². The number of hydrogen-bond donors (Lipinski definition) is 1. The molecule has 0 bridgehead atoms. The Kier molecular flexibility index (Phi) is 6.19. The molecule has 3 nitrogen and oxygen atoms in total. The fourth-order valence-corrected chi connectivity index (χ4v) is 3.30. The van der Waals surface area contributed by atoms with E-state index in [1.807, 2.05) is 18.2 Å². The summed E-state index contributed by atoms with van der Waals surface area (Å²) in [4.78, 5) is 2.58. The molecule has 2 unspecified atom stereocenters. The quantitative estimate of drug-likeness (QED) is 0.849. The van der Waals surface area contributed by atoms with Crippen molar-refractivity contribution < 1.29 is 4.74 Å². The van der Waals surface area contributed by atoms with Gasteiger partial charge in [0.2, 0.25) is 0 Å². The van der Waals surface area contributed by atoms with Gasteiger partial charge in [-0.2, -0.15) is 0 Å². The monoisotopic (exact) mass is 310 g/mol. The van der Waals surface area contributed by atoms with Crippen molar-refractivity contribution in [3.05, 3.63) is 23.2 Å². The lowest BCUT2D eigenvalue weighted by molar-refractivity contribution is 0.165. The molecule has 0 aliphatic carbocycles. The van der Waals surface area contributed by atoms with Gasteiger partial charge in [0.25, 0.3) is 0 Å². The van der Waals surface area contributed by atoms with Crippen molar-refractivity contribution in [3.8, 4) is 5.75 Å². The molecule has 2 rings (SSSR count). The summed E-state index contributed by atoms with van der Waals surface area (Å²) in [5.74, 6) is 1.51. The predicted molar refractivity (Wildman–Crippen MR) is 90.5 cm³/mol. The van der Waals surface area contributed by atoms with Gasteiger partial charge in [-0.3, -0.25) is 0 Å². The summed E-state index contributed by atoms with van der Waals surface area (Å²) in [5, 5.41) is 4.33. The van der Waals surface area contributed by atoms with Crippen molar-refractivity contribution in [2.45, 2.75) is 39.2 Å². The highest BCUT2D eigenvalue weighted by Gasteiger charge is 2.24.